The summed E-state index contributed by atoms with van der Waals surface area (Å²) in [6.45, 7) is 4.22. The molecule has 1 aliphatic heterocycles. The maximum absolute atomic E-state index is 5.12. The monoisotopic (exact) mass is 404 g/mol. The lowest BCUT2D eigenvalue weighted by molar-refractivity contribution is 0.468. The van der Waals surface area contributed by atoms with E-state index in [4.69, 9.17) is 9.97 Å². The van der Waals surface area contributed by atoms with Crippen LogP contribution in [-0.4, -0.2) is 49.9 Å². The molecule has 0 spiro atoms. The first-order valence-corrected chi connectivity index (χ1v) is 10.8. The summed E-state index contributed by atoms with van der Waals surface area (Å²) in [6, 6.07) is 4.68. The van der Waals surface area contributed by atoms with Crippen molar-refractivity contribution in [2.45, 2.75) is 58.0 Å². The summed E-state index contributed by atoms with van der Waals surface area (Å²) in [5.41, 5.74) is 1.96. The van der Waals surface area contributed by atoms with Gasteiger partial charge in [0.1, 0.15) is 17.3 Å². The van der Waals surface area contributed by atoms with Crippen LogP contribution >= 0.6 is 0 Å². The molecule has 8 nitrogen and oxygen atoms in total. The van der Waals surface area contributed by atoms with Crippen LogP contribution in [0.3, 0.4) is 0 Å². The van der Waals surface area contributed by atoms with Gasteiger partial charge in [0, 0.05) is 31.9 Å². The van der Waals surface area contributed by atoms with Crippen molar-refractivity contribution in [1.29, 1.82) is 0 Å². The number of aryl methyl sites for hydroxylation is 1. The molecule has 30 heavy (non-hydrogen) atoms. The summed E-state index contributed by atoms with van der Waals surface area (Å²) in [5.74, 6) is 4.50. The van der Waals surface area contributed by atoms with Crippen LogP contribution in [0.15, 0.2) is 24.5 Å². The number of pyridine rings is 1. The van der Waals surface area contributed by atoms with Crippen LogP contribution in [0.4, 0.5) is 11.6 Å². The van der Waals surface area contributed by atoms with Gasteiger partial charge in [-0.1, -0.05) is 19.8 Å². The average Bonchev–Trinajstić information content (AvgIpc) is 3.42. The predicted molar refractivity (Wildman–Crippen MR) is 117 cm³/mol. The zero-order chi connectivity index (χ0) is 20.8. The van der Waals surface area contributed by atoms with Crippen molar-refractivity contribution >= 4 is 11.6 Å². The Bertz CT molecular complexity index is 1070. The van der Waals surface area contributed by atoms with Gasteiger partial charge in [0.25, 0.3) is 0 Å². The lowest BCUT2D eigenvalue weighted by Crippen LogP contribution is -2.42. The first kappa shape index (κ1) is 19.0. The van der Waals surface area contributed by atoms with Crippen molar-refractivity contribution < 1.29 is 0 Å². The Morgan fingerprint density at radius 2 is 1.93 bits per heavy atom. The van der Waals surface area contributed by atoms with Gasteiger partial charge in [-0.05, 0) is 38.3 Å². The second-order valence-corrected chi connectivity index (χ2v) is 8.41. The number of aromatic nitrogens is 6. The van der Waals surface area contributed by atoms with Gasteiger partial charge in [-0.3, -0.25) is 4.57 Å². The topological polar surface area (TPSA) is 75.9 Å². The van der Waals surface area contributed by atoms with E-state index in [1.165, 1.54) is 25.7 Å². The fourth-order valence-corrected chi connectivity index (χ4v) is 4.81. The molecule has 1 atom stereocenters. The predicted octanol–water partition coefficient (Wildman–Crippen LogP) is 3.71. The highest BCUT2D eigenvalue weighted by Crippen LogP contribution is 2.43. The molecule has 1 saturated carbocycles. The van der Waals surface area contributed by atoms with Gasteiger partial charge in [0.15, 0.2) is 17.5 Å². The van der Waals surface area contributed by atoms with Crippen LogP contribution in [0.5, 0.6) is 0 Å². The first-order chi connectivity index (χ1) is 14.6. The quantitative estimate of drug-likeness (QED) is 0.656. The summed E-state index contributed by atoms with van der Waals surface area (Å²) >= 11 is 0. The third kappa shape index (κ3) is 2.93. The standard InChI is InChI=1S/C22H28N8/c1-5-17-22-27-26-14(2)29(22)18-13-24-20(15-10-11-23-19(12-15)28(3)4)25-21(18)30(17)16-8-6-7-9-16/h10-13,16-17H,5-9H2,1-4H3/t17-/m1/s1. The Balaban J connectivity index is 1.68. The highest BCUT2D eigenvalue weighted by atomic mass is 15.4. The van der Waals surface area contributed by atoms with Gasteiger partial charge in [-0.2, -0.15) is 0 Å². The van der Waals surface area contributed by atoms with Crippen molar-refractivity contribution in [2.24, 2.45) is 0 Å². The normalized spacial score (nSPS) is 18.4. The average molecular weight is 405 g/mol. The third-order valence-electron chi connectivity index (χ3n) is 6.29. The van der Waals surface area contributed by atoms with Crippen LogP contribution < -0.4 is 9.80 Å². The van der Waals surface area contributed by atoms with Gasteiger partial charge < -0.3 is 9.80 Å². The molecule has 0 unspecified atom stereocenters. The van der Waals surface area contributed by atoms with E-state index in [0.29, 0.717) is 6.04 Å². The fourth-order valence-electron chi connectivity index (χ4n) is 4.81. The molecule has 0 radical (unpaired) electrons. The number of hydrogen-bond acceptors (Lipinski definition) is 7. The number of fused-ring (bicyclic) bond motifs is 3. The summed E-state index contributed by atoms with van der Waals surface area (Å²) in [4.78, 5) is 18.8. The Labute approximate surface area is 177 Å². The molecule has 0 bridgehead atoms. The van der Waals surface area contributed by atoms with Crippen LogP contribution in [-0.2, 0) is 0 Å². The zero-order valence-corrected chi connectivity index (χ0v) is 18.1. The van der Waals surface area contributed by atoms with E-state index in [0.717, 1.165) is 46.8 Å². The summed E-state index contributed by atoms with van der Waals surface area (Å²) in [7, 11) is 3.98. The molecule has 0 amide bonds. The molecular formula is C22H28N8. The van der Waals surface area contributed by atoms with Crippen molar-refractivity contribution in [3.63, 3.8) is 0 Å². The molecule has 0 N–H and O–H groups in total. The molecule has 0 saturated heterocycles. The molecule has 3 aromatic heterocycles. The molecule has 1 aliphatic carbocycles. The fraction of sp³-hybridized carbons (Fsp3) is 0.500. The lowest BCUT2D eigenvalue weighted by atomic mass is 10.0. The lowest BCUT2D eigenvalue weighted by Gasteiger charge is -2.41. The van der Waals surface area contributed by atoms with E-state index in [-0.39, 0.29) is 6.04 Å². The van der Waals surface area contributed by atoms with Gasteiger partial charge in [0.2, 0.25) is 0 Å². The number of anilines is 2. The highest BCUT2D eigenvalue weighted by molar-refractivity contribution is 5.68. The number of rotatable bonds is 4. The summed E-state index contributed by atoms with van der Waals surface area (Å²) in [6.07, 6.45) is 9.65. The molecule has 3 aromatic rings. The van der Waals surface area contributed by atoms with Gasteiger partial charge in [-0.15, -0.1) is 10.2 Å². The molecular weight excluding hydrogens is 376 g/mol. The van der Waals surface area contributed by atoms with E-state index < -0.39 is 0 Å². The molecule has 0 aromatic carbocycles. The molecule has 2 aliphatic rings. The van der Waals surface area contributed by atoms with E-state index in [1.54, 1.807) is 0 Å². The van der Waals surface area contributed by atoms with Crippen molar-refractivity contribution in [3.8, 4) is 17.1 Å². The van der Waals surface area contributed by atoms with Crippen molar-refractivity contribution in [2.75, 3.05) is 23.9 Å². The number of nitrogens with zero attached hydrogens (tertiary/aromatic N) is 8. The first-order valence-electron chi connectivity index (χ1n) is 10.8. The number of hydrogen-bond donors (Lipinski definition) is 0. The van der Waals surface area contributed by atoms with Gasteiger partial charge in [0.05, 0.1) is 12.2 Å². The van der Waals surface area contributed by atoms with Crippen molar-refractivity contribution in [1.82, 2.24) is 29.7 Å². The van der Waals surface area contributed by atoms with Crippen LogP contribution in [0.1, 0.15) is 56.7 Å². The maximum Gasteiger partial charge on any atom is 0.161 e. The SMILES string of the molecule is CC[C@@H]1c2nnc(C)n2-c2cnc(-c3ccnc(N(C)C)c3)nc2N1C1CCCC1. The largest absolute Gasteiger partial charge is 0.363 e. The summed E-state index contributed by atoms with van der Waals surface area (Å²) in [5, 5.41) is 8.93. The maximum atomic E-state index is 5.12. The van der Waals surface area contributed by atoms with E-state index in [1.807, 2.05) is 50.4 Å². The Hall–Kier alpha value is -3.03. The smallest absolute Gasteiger partial charge is 0.161 e. The van der Waals surface area contributed by atoms with E-state index in [2.05, 4.69) is 31.6 Å². The Morgan fingerprint density at radius 3 is 2.67 bits per heavy atom. The van der Waals surface area contributed by atoms with E-state index in [9.17, 15) is 0 Å². The Kier molecular flexibility index (Phi) is 4.64. The zero-order valence-electron chi connectivity index (χ0n) is 18.1. The van der Waals surface area contributed by atoms with Crippen molar-refractivity contribution in [3.05, 3.63) is 36.2 Å². The highest BCUT2D eigenvalue weighted by Gasteiger charge is 2.39. The minimum atomic E-state index is 0.180. The van der Waals surface area contributed by atoms with Crippen LogP contribution in [0.25, 0.3) is 17.1 Å². The minimum Gasteiger partial charge on any atom is -0.363 e. The van der Waals surface area contributed by atoms with Crippen LogP contribution in [0.2, 0.25) is 0 Å². The van der Waals surface area contributed by atoms with Crippen LogP contribution in [0, 0.1) is 6.92 Å². The molecule has 5 rings (SSSR count). The second kappa shape index (κ2) is 7.34. The molecule has 4 heterocycles. The molecule has 8 heteroatoms. The minimum absolute atomic E-state index is 0.180. The Morgan fingerprint density at radius 1 is 1.13 bits per heavy atom. The summed E-state index contributed by atoms with van der Waals surface area (Å²) < 4.78 is 2.14. The van der Waals surface area contributed by atoms with Gasteiger partial charge in [-0.25, -0.2) is 15.0 Å². The molecule has 1 fully saturated rings. The van der Waals surface area contributed by atoms with E-state index >= 15 is 0 Å². The third-order valence-corrected chi connectivity index (χ3v) is 6.29. The second-order valence-electron chi connectivity index (χ2n) is 8.41. The van der Waals surface area contributed by atoms with Gasteiger partial charge >= 0.3 is 0 Å². The molecule has 156 valence electrons.